The van der Waals surface area contributed by atoms with Crippen molar-refractivity contribution in [3.8, 4) is 0 Å². The molecule has 80 valence electrons. The van der Waals surface area contributed by atoms with Gasteiger partial charge in [-0.3, -0.25) is 0 Å². The molecule has 0 aliphatic heterocycles. The Labute approximate surface area is 94.2 Å². The zero-order valence-electron chi connectivity index (χ0n) is 8.50. The summed E-state index contributed by atoms with van der Waals surface area (Å²) in [6.07, 6.45) is 2.89. The van der Waals surface area contributed by atoms with Gasteiger partial charge in [0.25, 0.3) is 0 Å². The molecule has 0 radical (unpaired) electrons. The third kappa shape index (κ3) is 2.92. The van der Waals surface area contributed by atoms with Crippen LogP contribution in [0.3, 0.4) is 0 Å². The highest BCUT2D eigenvalue weighted by Crippen LogP contribution is 2.19. The Morgan fingerprint density at radius 3 is 2.67 bits per heavy atom. The smallest absolute Gasteiger partial charge is 0.0581 e. The van der Waals surface area contributed by atoms with Gasteiger partial charge >= 0.3 is 0 Å². The summed E-state index contributed by atoms with van der Waals surface area (Å²) in [7, 11) is 0. The van der Waals surface area contributed by atoms with Gasteiger partial charge in [0.2, 0.25) is 0 Å². The van der Waals surface area contributed by atoms with Crippen LogP contribution in [0.25, 0.3) is 5.70 Å². The van der Waals surface area contributed by atoms with E-state index in [1.165, 1.54) is 6.20 Å². The maximum atomic E-state index is 5.87. The number of nitrogen functional groups attached to an aromatic ring is 1. The lowest BCUT2D eigenvalue weighted by atomic mass is 10.0. The largest absolute Gasteiger partial charge is 0.403 e. The van der Waals surface area contributed by atoms with Crippen LogP contribution in [0.4, 0.5) is 5.69 Å². The number of aryl methyl sites for hydroxylation is 1. The van der Waals surface area contributed by atoms with E-state index >= 15 is 0 Å². The van der Waals surface area contributed by atoms with E-state index in [1.54, 1.807) is 6.08 Å². The van der Waals surface area contributed by atoms with Gasteiger partial charge in [0.15, 0.2) is 0 Å². The van der Waals surface area contributed by atoms with Crippen molar-refractivity contribution in [3.05, 3.63) is 46.6 Å². The van der Waals surface area contributed by atoms with Gasteiger partial charge in [-0.15, -0.1) is 0 Å². The number of allylic oxidation sites excluding steroid dienone is 2. The Bertz CT molecular complexity index is 422. The highest BCUT2D eigenvalue weighted by atomic mass is 35.5. The van der Waals surface area contributed by atoms with E-state index < -0.39 is 0 Å². The fourth-order valence-corrected chi connectivity index (χ4v) is 1.34. The molecule has 0 unspecified atom stereocenters. The molecular formula is C11H14ClN3. The van der Waals surface area contributed by atoms with Crippen molar-refractivity contribution in [3.63, 3.8) is 0 Å². The van der Waals surface area contributed by atoms with Crippen LogP contribution in [-0.4, -0.2) is 0 Å². The molecule has 15 heavy (non-hydrogen) atoms. The first-order valence-corrected chi connectivity index (χ1v) is 4.83. The predicted molar refractivity (Wildman–Crippen MR) is 65.9 cm³/mol. The summed E-state index contributed by atoms with van der Waals surface area (Å²) < 4.78 is 0. The van der Waals surface area contributed by atoms with Gasteiger partial charge in [0.1, 0.15) is 0 Å². The predicted octanol–water partition coefficient (Wildman–Crippen LogP) is 1.92. The molecule has 0 spiro atoms. The first-order chi connectivity index (χ1) is 7.04. The molecule has 0 fully saturated rings. The van der Waals surface area contributed by atoms with E-state index in [0.717, 1.165) is 11.1 Å². The fourth-order valence-electron chi connectivity index (χ4n) is 1.23. The van der Waals surface area contributed by atoms with E-state index in [4.69, 9.17) is 28.8 Å². The Morgan fingerprint density at radius 2 is 2.07 bits per heavy atom. The first kappa shape index (κ1) is 11.5. The van der Waals surface area contributed by atoms with Gasteiger partial charge in [0, 0.05) is 23.1 Å². The van der Waals surface area contributed by atoms with E-state index in [1.807, 2.05) is 25.1 Å². The molecule has 0 aromatic heterocycles. The van der Waals surface area contributed by atoms with Crippen molar-refractivity contribution in [1.29, 1.82) is 0 Å². The Balaban J connectivity index is 3.16. The second-order valence-corrected chi connectivity index (χ2v) is 3.66. The molecule has 0 atom stereocenters. The van der Waals surface area contributed by atoms with Gasteiger partial charge in [0.05, 0.1) is 5.03 Å². The molecular weight excluding hydrogens is 210 g/mol. The van der Waals surface area contributed by atoms with E-state index in [2.05, 4.69) is 0 Å². The van der Waals surface area contributed by atoms with Crippen LogP contribution < -0.4 is 17.2 Å². The van der Waals surface area contributed by atoms with Crippen molar-refractivity contribution < 1.29 is 0 Å². The number of nitrogens with two attached hydrogens (primary N) is 3. The maximum Gasteiger partial charge on any atom is 0.0581 e. The van der Waals surface area contributed by atoms with Crippen LogP contribution >= 0.6 is 11.6 Å². The molecule has 6 N–H and O–H groups in total. The molecule has 0 aliphatic carbocycles. The zero-order chi connectivity index (χ0) is 11.4. The number of benzene rings is 1. The van der Waals surface area contributed by atoms with Gasteiger partial charge < -0.3 is 17.2 Å². The molecule has 1 aromatic rings. The summed E-state index contributed by atoms with van der Waals surface area (Å²) in [5, 5.41) is 0.398. The molecule has 0 saturated carbocycles. The zero-order valence-corrected chi connectivity index (χ0v) is 9.25. The molecule has 3 nitrogen and oxygen atoms in total. The normalized spacial score (nSPS) is 12.9. The highest BCUT2D eigenvalue weighted by Gasteiger charge is 2.02. The Kier molecular flexibility index (Phi) is 3.63. The Hall–Kier alpha value is -1.61. The second kappa shape index (κ2) is 4.75. The molecule has 0 aliphatic rings. The SMILES string of the molecule is Cc1ccc(N)cc1/C(N)=C/C(Cl)=C\N. The number of rotatable bonds is 2. The minimum Gasteiger partial charge on any atom is -0.403 e. The van der Waals surface area contributed by atoms with E-state index in [-0.39, 0.29) is 0 Å². The maximum absolute atomic E-state index is 5.87. The third-order valence-electron chi connectivity index (χ3n) is 2.03. The summed E-state index contributed by atoms with van der Waals surface area (Å²) in [4.78, 5) is 0. The summed E-state index contributed by atoms with van der Waals surface area (Å²) in [6.45, 7) is 1.95. The van der Waals surface area contributed by atoms with Crippen LogP contribution in [0.1, 0.15) is 11.1 Å². The van der Waals surface area contributed by atoms with Gasteiger partial charge in [-0.1, -0.05) is 17.7 Å². The molecule has 0 bridgehead atoms. The van der Waals surface area contributed by atoms with Crippen LogP contribution in [0.15, 0.2) is 35.5 Å². The molecule has 0 amide bonds. The topological polar surface area (TPSA) is 78.1 Å². The molecule has 4 heteroatoms. The molecule has 0 heterocycles. The van der Waals surface area contributed by atoms with Crippen molar-refractivity contribution in [2.75, 3.05) is 5.73 Å². The lowest BCUT2D eigenvalue weighted by Gasteiger charge is -2.07. The molecule has 1 rings (SSSR count). The summed E-state index contributed by atoms with van der Waals surface area (Å²) in [5.74, 6) is 0. The molecule has 0 saturated heterocycles. The number of hydrogen-bond donors (Lipinski definition) is 3. The number of halogens is 1. The minimum absolute atomic E-state index is 0.398. The van der Waals surface area contributed by atoms with Gasteiger partial charge in [-0.25, -0.2) is 0 Å². The van der Waals surface area contributed by atoms with Gasteiger partial charge in [-0.05, 0) is 30.7 Å². The monoisotopic (exact) mass is 223 g/mol. The average molecular weight is 224 g/mol. The standard InChI is InChI=1S/C11H14ClN3/c1-7-2-3-9(14)5-10(7)11(15)4-8(12)6-13/h2-6H,13-15H2,1H3/b8-6+,11-4-. The van der Waals surface area contributed by atoms with Gasteiger partial charge in [-0.2, -0.15) is 0 Å². The van der Waals surface area contributed by atoms with E-state index in [9.17, 15) is 0 Å². The number of anilines is 1. The third-order valence-corrected chi connectivity index (χ3v) is 2.26. The average Bonchev–Trinajstić information content (AvgIpc) is 2.21. The number of hydrogen-bond acceptors (Lipinski definition) is 3. The Morgan fingerprint density at radius 1 is 1.40 bits per heavy atom. The van der Waals surface area contributed by atoms with Crippen LogP contribution in [0.2, 0.25) is 0 Å². The summed E-state index contributed by atoms with van der Waals surface area (Å²) >= 11 is 5.75. The van der Waals surface area contributed by atoms with Crippen molar-refractivity contribution in [2.45, 2.75) is 6.92 Å². The first-order valence-electron chi connectivity index (χ1n) is 4.45. The quantitative estimate of drug-likeness (QED) is 0.530. The molecule has 1 aromatic carbocycles. The summed E-state index contributed by atoms with van der Waals surface area (Å²) in [6, 6.07) is 5.54. The van der Waals surface area contributed by atoms with Crippen LogP contribution in [-0.2, 0) is 0 Å². The lowest BCUT2D eigenvalue weighted by Crippen LogP contribution is -2.00. The lowest BCUT2D eigenvalue weighted by molar-refractivity contribution is 1.39. The highest BCUT2D eigenvalue weighted by molar-refractivity contribution is 6.31. The van der Waals surface area contributed by atoms with E-state index in [0.29, 0.717) is 16.4 Å². The second-order valence-electron chi connectivity index (χ2n) is 3.23. The van der Waals surface area contributed by atoms with Crippen LogP contribution in [0, 0.1) is 6.92 Å². The van der Waals surface area contributed by atoms with Crippen LogP contribution in [0.5, 0.6) is 0 Å². The summed E-state index contributed by atoms with van der Waals surface area (Å²) in [5.41, 5.74) is 19.9. The fraction of sp³-hybridized carbons (Fsp3) is 0.0909. The van der Waals surface area contributed by atoms with Crippen molar-refractivity contribution >= 4 is 23.0 Å². The van der Waals surface area contributed by atoms with Crippen molar-refractivity contribution in [2.24, 2.45) is 11.5 Å². The minimum atomic E-state index is 0.398. The van der Waals surface area contributed by atoms with Crippen molar-refractivity contribution in [1.82, 2.24) is 0 Å².